The predicted octanol–water partition coefficient (Wildman–Crippen LogP) is 3.31. The van der Waals surface area contributed by atoms with E-state index in [0.717, 1.165) is 16.9 Å². The van der Waals surface area contributed by atoms with Crippen LogP contribution in [0, 0.1) is 0 Å². The van der Waals surface area contributed by atoms with Crippen LogP contribution in [0.15, 0.2) is 30.5 Å². The zero-order valence-electron chi connectivity index (χ0n) is 8.95. The van der Waals surface area contributed by atoms with Gasteiger partial charge < -0.3 is 5.11 Å². The Bertz CT molecular complexity index is 566. The lowest BCUT2D eigenvalue weighted by atomic mass is 10.1. The van der Waals surface area contributed by atoms with Crippen LogP contribution in [0.3, 0.4) is 0 Å². The number of halogens is 4. The van der Waals surface area contributed by atoms with E-state index in [-0.39, 0.29) is 23.0 Å². The minimum Gasteiger partial charge on any atom is -0.504 e. The van der Waals surface area contributed by atoms with Gasteiger partial charge in [0.2, 0.25) is 0 Å². The van der Waals surface area contributed by atoms with Gasteiger partial charge in [0.25, 0.3) is 0 Å². The van der Waals surface area contributed by atoms with Gasteiger partial charge in [0.05, 0.1) is 18.3 Å². The highest BCUT2D eigenvalue weighted by atomic mass is 35.5. The maximum absolute atomic E-state index is 12.7. The molecule has 0 amide bonds. The normalized spacial score (nSPS) is 11.8. The Morgan fingerprint density at radius 1 is 1.28 bits per heavy atom. The van der Waals surface area contributed by atoms with Crippen LogP contribution in [0.5, 0.6) is 5.75 Å². The number of alkyl halides is 3. The molecule has 1 aromatic carbocycles. The Morgan fingerprint density at radius 2 is 1.94 bits per heavy atom. The quantitative estimate of drug-likeness (QED) is 0.914. The summed E-state index contributed by atoms with van der Waals surface area (Å²) in [4.78, 5) is 0. The number of benzene rings is 1. The van der Waals surface area contributed by atoms with Crippen molar-refractivity contribution in [3.05, 3.63) is 46.7 Å². The standard InChI is InChI=1S/C11H8ClF3N2O/c12-10-9(18)5-16-17(10)6-7-3-1-2-4-8(7)11(13,14)15/h1-5,18H,6H2. The SMILES string of the molecule is Oc1cnn(Cc2ccccc2C(F)(F)F)c1Cl. The Kier molecular flexibility index (Phi) is 3.21. The zero-order chi connectivity index (χ0) is 13.3. The molecule has 0 aliphatic carbocycles. The highest BCUT2D eigenvalue weighted by Gasteiger charge is 2.33. The molecule has 0 unspecified atom stereocenters. The summed E-state index contributed by atoms with van der Waals surface area (Å²) in [6.45, 7) is -0.158. The van der Waals surface area contributed by atoms with Crippen molar-refractivity contribution in [1.29, 1.82) is 0 Å². The number of aromatic nitrogens is 2. The molecule has 1 heterocycles. The first-order valence-corrected chi connectivity index (χ1v) is 5.33. The van der Waals surface area contributed by atoms with Crippen LogP contribution in [-0.2, 0) is 12.7 Å². The molecule has 0 aliphatic rings. The van der Waals surface area contributed by atoms with Crippen LogP contribution < -0.4 is 0 Å². The predicted molar refractivity (Wildman–Crippen MR) is 59.4 cm³/mol. The highest BCUT2D eigenvalue weighted by Crippen LogP contribution is 2.33. The summed E-state index contributed by atoms with van der Waals surface area (Å²) in [5.74, 6) is -0.263. The molecule has 1 N–H and O–H groups in total. The maximum Gasteiger partial charge on any atom is 0.416 e. The van der Waals surface area contributed by atoms with Crippen molar-refractivity contribution in [3.8, 4) is 5.75 Å². The molecule has 0 saturated heterocycles. The van der Waals surface area contributed by atoms with Gasteiger partial charge in [-0.3, -0.25) is 0 Å². The fraction of sp³-hybridized carbons (Fsp3) is 0.182. The van der Waals surface area contributed by atoms with Gasteiger partial charge in [-0.2, -0.15) is 18.3 Å². The van der Waals surface area contributed by atoms with Gasteiger partial charge in [-0.25, -0.2) is 4.68 Å². The highest BCUT2D eigenvalue weighted by molar-refractivity contribution is 6.30. The van der Waals surface area contributed by atoms with E-state index in [1.807, 2.05) is 0 Å². The molecule has 2 rings (SSSR count). The largest absolute Gasteiger partial charge is 0.504 e. The summed E-state index contributed by atoms with van der Waals surface area (Å²) in [5, 5.41) is 12.8. The minimum atomic E-state index is -4.43. The van der Waals surface area contributed by atoms with E-state index in [0.29, 0.717) is 0 Å². The first-order chi connectivity index (χ1) is 8.39. The van der Waals surface area contributed by atoms with Gasteiger partial charge in [0.1, 0.15) is 0 Å². The molecule has 3 nitrogen and oxygen atoms in total. The van der Waals surface area contributed by atoms with Crippen LogP contribution >= 0.6 is 11.6 Å². The van der Waals surface area contributed by atoms with Gasteiger partial charge in [0.15, 0.2) is 10.9 Å². The van der Waals surface area contributed by atoms with Gasteiger partial charge in [-0.15, -0.1) is 0 Å². The van der Waals surface area contributed by atoms with Crippen molar-refractivity contribution in [1.82, 2.24) is 9.78 Å². The summed E-state index contributed by atoms with van der Waals surface area (Å²) in [6, 6.07) is 5.15. The second-order valence-corrected chi connectivity index (χ2v) is 3.99. The average Bonchev–Trinajstić information content (AvgIpc) is 2.60. The molecule has 0 saturated carbocycles. The summed E-state index contributed by atoms with van der Waals surface area (Å²) in [5.41, 5.74) is -0.703. The van der Waals surface area contributed by atoms with E-state index in [1.165, 1.54) is 18.2 Å². The van der Waals surface area contributed by atoms with Crippen molar-refractivity contribution < 1.29 is 18.3 Å². The van der Waals surface area contributed by atoms with Crippen LogP contribution in [0.4, 0.5) is 13.2 Å². The maximum atomic E-state index is 12.7. The van der Waals surface area contributed by atoms with E-state index in [1.54, 1.807) is 0 Å². The molecule has 7 heteroatoms. The first-order valence-electron chi connectivity index (χ1n) is 4.95. The molecule has 0 aliphatic heterocycles. The molecular weight excluding hydrogens is 269 g/mol. The van der Waals surface area contributed by atoms with Gasteiger partial charge >= 0.3 is 6.18 Å². The molecule has 0 bridgehead atoms. The number of rotatable bonds is 2. The molecule has 18 heavy (non-hydrogen) atoms. The van der Waals surface area contributed by atoms with Gasteiger partial charge in [-0.1, -0.05) is 29.8 Å². The third-order valence-electron chi connectivity index (χ3n) is 2.40. The third kappa shape index (κ3) is 2.43. The Morgan fingerprint density at radius 3 is 2.50 bits per heavy atom. The monoisotopic (exact) mass is 276 g/mol. The topological polar surface area (TPSA) is 38.1 Å². The molecule has 0 fully saturated rings. The van der Waals surface area contributed by atoms with E-state index in [9.17, 15) is 18.3 Å². The van der Waals surface area contributed by atoms with E-state index in [2.05, 4.69) is 5.10 Å². The van der Waals surface area contributed by atoms with Gasteiger partial charge in [-0.05, 0) is 11.6 Å². The molecule has 2 aromatic rings. The van der Waals surface area contributed by atoms with Crippen molar-refractivity contribution in [2.75, 3.05) is 0 Å². The molecule has 0 spiro atoms. The van der Waals surface area contributed by atoms with Gasteiger partial charge in [0, 0.05) is 0 Å². The number of aromatic hydroxyl groups is 1. The third-order valence-corrected chi connectivity index (χ3v) is 2.79. The van der Waals surface area contributed by atoms with Crippen molar-refractivity contribution in [3.63, 3.8) is 0 Å². The summed E-state index contributed by atoms with van der Waals surface area (Å²) in [7, 11) is 0. The molecule has 0 radical (unpaired) electrons. The minimum absolute atomic E-state index is 0.0370. The van der Waals surface area contributed by atoms with Crippen LogP contribution in [0.25, 0.3) is 0 Å². The lowest BCUT2D eigenvalue weighted by Crippen LogP contribution is -2.12. The van der Waals surface area contributed by atoms with Crippen LogP contribution in [0.1, 0.15) is 11.1 Å². The van der Waals surface area contributed by atoms with Crippen LogP contribution in [0.2, 0.25) is 5.15 Å². The fourth-order valence-corrected chi connectivity index (χ4v) is 1.72. The van der Waals surface area contributed by atoms with E-state index in [4.69, 9.17) is 11.6 Å². The molecular formula is C11H8ClF3N2O. The Labute approximate surface area is 105 Å². The lowest BCUT2D eigenvalue weighted by Gasteiger charge is -2.12. The second-order valence-electron chi connectivity index (χ2n) is 3.63. The number of hydrogen-bond donors (Lipinski definition) is 1. The smallest absolute Gasteiger partial charge is 0.416 e. The van der Waals surface area contributed by atoms with Crippen molar-refractivity contribution in [2.24, 2.45) is 0 Å². The number of nitrogens with zero attached hydrogens (tertiary/aromatic N) is 2. The fourth-order valence-electron chi connectivity index (χ4n) is 1.57. The van der Waals surface area contributed by atoms with Crippen LogP contribution in [-0.4, -0.2) is 14.9 Å². The van der Waals surface area contributed by atoms with Crippen molar-refractivity contribution in [2.45, 2.75) is 12.7 Å². The Balaban J connectivity index is 2.38. The average molecular weight is 277 g/mol. The summed E-state index contributed by atoms with van der Waals surface area (Å²) in [6.07, 6.45) is -3.35. The molecule has 1 aromatic heterocycles. The molecule has 0 atom stereocenters. The summed E-state index contributed by atoms with van der Waals surface area (Å²) >= 11 is 5.69. The zero-order valence-corrected chi connectivity index (χ0v) is 9.70. The number of hydrogen-bond acceptors (Lipinski definition) is 2. The lowest BCUT2D eigenvalue weighted by molar-refractivity contribution is -0.138. The Hall–Kier alpha value is -1.69. The van der Waals surface area contributed by atoms with E-state index >= 15 is 0 Å². The second kappa shape index (κ2) is 4.53. The first kappa shape index (κ1) is 12.8. The van der Waals surface area contributed by atoms with E-state index < -0.39 is 11.7 Å². The van der Waals surface area contributed by atoms with Crippen molar-refractivity contribution >= 4 is 11.6 Å². The summed E-state index contributed by atoms with van der Waals surface area (Å²) < 4.78 is 39.3. The molecule has 96 valence electrons.